The van der Waals surface area contributed by atoms with E-state index >= 15 is 0 Å². The van der Waals surface area contributed by atoms with Crippen molar-refractivity contribution in [2.45, 2.75) is 6.42 Å². The first-order valence-electron chi connectivity index (χ1n) is 6.68. The molecule has 4 nitrogen and oxygen atoms in total. The van der Waals surface area contributed by atoms with Crippen LogP contribution in [0.25, 0.3) is 11.0 Å². The molecule has 3 aromatic rings. The van der Waals surface area contributed by atoms with Gasteiger partial charge in [-0.05, 0) is 35.9 Å². The maximum atomic E-state index is 13.1. The van der Waals surface area contributed by atoms with Crippen molar-refractivity contribution in [3.8, 4) is 0 Å². The number of imidazole rings is 1. The van der Waals surface area contributed by atoms with E-state index < -0.39 is 5.82 Å². The highest BCUT2D eigenvalue weighted by Crippen LogP contribution is 2.20. The summed E-state index contributed by atoms with van der Waals surface area (Å²) >= 11 is 5.69. The quantitative estimate of drug-likeness (QED) is 0.803. The SMILES string of the molecule is Cn1cnc2cc(CC(=O)Nc3ccc(F)c(Cl)c3)ccc21. The van der Waals surface area contributed by atoms with Crippen molar-refractivity contribution < 1.29 is 9.18 Å². The summed E-state index contributed by atoms with van der Waals surface area (Å²) < 4.78 is 15.0. The van der Waals surface area contributed by atoms with Gasteiger partial charge in [0.25, 0.3) is 0 Å². The molecule has 1 amide bonds. The van der Waals surface area contributed by atoms with Gasteiger partial charge in [0.15, 0.2) is 0 Å². The monoisotopic (exact) mass is 317 g/mol. The molecular weight excluding hydrogens is 305 g/mol. The molecule has 2 aromatic carbocycles. The predicted octanol–water partition coefficient (Wildman–Crippen LogP) is 3.55. The Bertz CT molecular complexity index is 860. The van der Waals surface area contributed by atoms with E-state index in [4.69, 9.17) is 11.6 Å². The van der Waals surface area contributed by atoms with Crippen LogP contribution in [-0.2, 0) is 18.3 Å². The Kier molecular flexibility index (Phi) is 3.81. The summed E-state index contributed by atoms with van der Waals surface area (Å²) in [4.78, 5) is 16.3. The number of nitrogens with zero attached hydrogens (tertiary/aromatic N) is 2. The number of aryl methyl sites for hydroxylation is 1. The third-order valence-electron chi connectivity index (χ3n) is 3.36. The Morgan fingerprint density at radius 1 is 1.32 bits per heavy atom. The Labute approximate surface area is 131 Å². The average molecular weight is 318 g/mol. The number of anilines is 1. The van der Waals surface area contributed by atoms with Crippen LogP contribution in [0.15, 0.2) is 42.7 Å². The lowest BCUT2D eigenvalue weighted by Crippen LogP contribution is -2.14. The molecule has 0 aliphatic heterocycles. The number of hydrogen-bond donors (Lipinski definition) is 1. The lowest BCUT2D eigenvalue weighted by Gasteiger charge is -2.06. The second-order valence-electron chi connectivity index (χ2n) is 5.03. The average Bonchev–Trinajstić information content (AvgIpc) is 2.84. The summed E-state index contributed by atoms with van der Waals surface area (Å²) in [5.41, 5.74) is 3.18. The Morgan fingerprint density at radius 3 is 2.91 bits per heavy atom. The maximum absolute atomic E-state index is 13.1. The van der Waals surface area contributed by atoms with Gasteiger partial charge in [0, 0.05) is 12.7 Å². The van der Waals surface area contributed by atoms with Gasteiger partial charge < -0.3 is 9.88 Å². The van der Waals surface area contributed by atoms with Gasteiger partial charge in [-0.1, -0.05) is 17.7 Å². The van der Waals surface area contributed by atoms with Crippen LogP contribution in [0.5, 0.6) is 0 Å². The molecule has 0 aliphatic rings. The molecule has 22 heavy (non-hydrogen) atoms. The first-order valence-corrected chi connectivity index (χ1v) is 7.05. The van der Waals surface area contributed by atoms with Gasteiger partial charge in [0.1, 0.15) is 5.82 Å². The van der Waals surface area contributed by atoms with Gasteiger partial charge in [0.2, 0.25) is 5.91 Å². The summed E-state index contributed by atoms with van der Waals surface area (Å²) in [5.74, 6) is -0.710. The highest BCUT2D eigenvalue weighted by Gasteiger charge is 2.08. The predicted molar refractivity (Wildman–Crippen MR) is 84.5 cm³/mol. The fourth-order valence-corrected chi connectivity index (χ4v) is 2.44. The standard InChI is InChI=1S/C16H13ClFN3O/c1-21-9-19-14-6-10(2-5-15(14)21)7-16(22)20-11-3-4-13(18)12(17)8-11/h2-6,8-9H,7H2,1H3,(H,20,22). The molecule has 3 rings (SSSR count). The number of carbonyl (C=O) groups is 1. The minimum absolute atomic E-state index is 0.0206. The molecule has 0 fully saturated rings. The van der Waals surface area contributed by atoms with E-state index in [1.54, 1.807) is 6.33 Å². The summed E-state index contributed by atoms with van der Waals surface area (Å²) in [7, 11) is 1.92. The summed E-state index contributed by atoms with van der Waals surface area (Å²) in [6.07, 6.45) is 1.94. The number of halogens is 2. The molecule has 6 heteroatoms. The first kappa shape index (κ1) is 14.5. The number of fused-ring (bicyclic) bond motifs is 1. The van der Waals surface area contributed by atoms with Crippen LogP contribution in [0.1, 0.15) is 5.56 Å². The number of rotatable bonds is 3. The molecule has 1 heterocycles. The zero-order chi connectivity index (χ0) is 15.7. The zero-order valence-corrected chi connectivity index (χ0v) is 12.6. The van der Waals surface area contributed by atoms with Crippen molar-refractivity contribution in [1.29, 1.82) is 0 Å². The van der Waals surface area contributed by atoms with E-state index in [-0.39, 0.29) is 17.4 Å². The highest BCUT2D eigenvalue weighted by molar-refractivity contribution is 6.31. The van der Waals surface area contributed by atoms with Crippen molar-refractivity contribution in [3.05, 3.63) is 59.1 Å². The fourth-order valence-electron chi connectivity index (χ4n) is 2.26. The Balaban J connectivity index is 1.73. The van der Waals surface area contributed by atoms with Crippen LogP contribution in [0.4, 0.5) is 10.1 Å². The van der Waals surface area contributed by atoms with Crippen LogP contribution in [0.3, 0.4) is 0 Å². The van der Waals surface area contributed by atoms with Crippen LogP contribution >= 0.6 is 11.6 Å². The van der Waals surface area contributed by atoms with Crippen LogP contribution in [-0.4, -0.2) is 15.5 Å². The number of aromatic nitrogens is 2. The second kappa shape index (κ2) is 5.77. The molecule has 0 saturated carbocycles. The van der Waals surface area contributed by atoms with Gasteiger partial charge in [-0.15, -0.1) is 0 Å². The summed E-state index contributed by atoms with van der Waals surface area (Å²) in [6.45, 7) is 0. The third-order valence-corrected chi connectivity index (χ3v) is 3.65. The van der Waals surface area contributed by atoms with Gasteiger partial charge in [0.05, 0.1) is 28.8 Å². The largest absolute Gasteiger partial charge is 0.334 e. The second-order valence-corrected chi connectivity index (χ2v) is 5.44. The molecule has 0 unspecified atom stereocenters. The summed E-state index contributed by atoms with van der Waals surface area (Å²) in [6, 6.07) is 9.78. The minimum atomic E-state index is -0.514. The van der Waals surface area contributed by atoms with Crippen molar-refractivity contribution in [2.24, 2.45) is 7.05 Å². The Hall–Kier alpha value is -2.40. The maximum Gasteiger partial charge on any atom is 0.228 e. The van der Waals surface area contributed by atoms with Crippen molar-refractivity contribution in [1.82, 2.24) is 9.55 Å². The van der Waals surface area contributed by atoms with Crippen molar-refractivity contribution >= 4 is 34.2 Å². The smallest absolute Gasteiger partial charge is 0.228 e. The molecule has 0 spiro atoms. The van der Waals surface area contributed by atoms with Crippen molar-refractivity contribution in [3.63, 3.8) is 0 Å². The third kappa shape index (κ3) is 2.94. The van der Waals surface area contributed by atoms with E-state index in [0.717, 1.165) is 16.6 Å². The number of nitrogens with one attached hydrogen (secondary N) is 1. The fraction of sp³-hybridized carbons (Fsp3) is 0.125. The Morgan fingerprint density at radius 2 is 2.14 bits per heavy atom. The summed E-state index contributed by atoms with van der Waals surface area (Å²) in [5, 5.41) is 2.68. The van der Waals surface area contributed by atoms with Crippen LogP contribution in [0.2, 0.25) is 5.02 Å². The highest BCUT2D eigenvalue weighted by atomic mass is 35.5. The van der Waals surface area contributed by atoms with E-state index in [1.165, 1.54) is 18.2 Å². The number of amides is 1. The zero-order valence-electron chi connectivity index (χ0n) is 11.8. The van der Waals surface area contributed by atoms with Gasteiger partial charge in [-0.3, -0.25) is 4.79 Å². The molecule has 1 N–H and O–H groups in total. The van der Waals surface area contributed by atoms with E-state index in [1.807, 2.05) is 29.8 Å². The molecule has 112 valence electrons. The molecule has 0 aliphatic carbocycles. The molecule has 0 atom stereocenters. The first-order chi connectivity index (χ1) is 10.5. The molecule has 1 aromatic heterocycles. The molecular formula is C16H13ClFN3O. The van der Waals surface area contributed by atoms with Gasteiger partial charge in [-0.25, -0.2) is 9.37 Å². The number of hydrogen-bond acceptors (Lipinski definition) is 2. The van der Waals surface area contributed by atoms with E-state index in [0.29, 0.717) is 5.69 Å². The van der Waals surface area contributed by atoms with Gasteiger partial charge in [-0.2, -0.15) is 0 Å². The van der Waals surface area contributed by atoms with Crippen molar-refractivity contribution in [2.75, 3.05) is 5.32 Å². The van der Waals surface area contributed by atoms with E-state index in [2.05, 4.69) is 10.3 Å². The topological polar surface area (TPSA) is 46.9 Å². The van der Waals surface area contributed by atoms with Crippen LogP contribution < -0.4 is 5.32 Å². The molecule has 0 bridgehead atoms. The molecule has 0 saturated heterocycles. The minimum Gasteiger partial charge on any atom is -0.334 e. The lowest BCUT2D eigenvalue weighted by molar-refractivity contribution is -0.115. The van der Waals surface area contributed by atoms with Gasteiger partial charge >= 0.3 is 0 Å². The normalized spacial score (nSPS) is 10.9. The van der Waals surface area contributed by atoms with Crippen LogP contribution in [0, 0.1) is 5.82 Å². The number of benzene rings is 2. The van der Waals surface area contributed by atoms with E-state index in [9.17, 15) is 9.18 Å². The lowest BCUT2D eigenvalue weighted by atomic mass is 10.1. The molecule has 0 radical (unpaired) electrons. The number of carbonyl (C=O) groups excluding carboxylic acids is 1.